The second-order valence-electron chi connectivity index (χ2n) is 6.33. The number of nitrogens with one attached hydrogen (secondary N) is 1. The Bertz CT molecular complexity index is 458. The predicted molar refractivity (Wildman–Crippen MR) is 89.0 cm³/mol. The van der Waals surface area contributed by atoms with Crippen molar-refractivity contribution in [3.63, 3.8) is 0 Å². The third-order valence-electron chi connectivity index (χ3n) is 3.11. The van der Waals surface area contributed by atoms with Gasteiger partial charge in [-0.05, 0) is 37.0 Å². The summed E-state index contributed by atoms with van der Waals surface area (Å²) in [6.07, 6.45) is -0.104. The van der Waals surface area contributed by atoms with Crippen LogP contribution in [0, 0.1) is 12.3 Å². The highest BCUT2D eigenvalue weighted by Crippen LogP contribution is 2.17. The van der Waals surface area contributed by atoms with Crippen LogP contribution in [0.2, 0.25) is 0 Å². The smallest absolute Gasteiger partial charge is 0.237 e. The summed E-state index contributed by atoms with van der Waals surface area (Å²) in [6.45, 7) is 10.2. The Balaban J connectivity index is 0.00000400. The lowest BCUT2D eigenvalue weighted by molar-refractivity contribution is -0.124. The number of ether oxygens (including phenoxy) is 1. The van der Waals surface area contributed by atoms with E-state index in [1.807, 2.05) is 58.9 Å². The summed E-state index contributed by atoms with van der Waals surface area (Å²) < 4.78 is 5.76. The Hall–Kier alpha value is -1.26. The van der Waals surface area contributed by atoms with Gasteiger partial charge in [-0.1, -0.05) is 32.9 Å². The van der Waals surface area contributed by atoms with Gasteiger partial charge in [0.15, 0.2) is 0 Å². The Labute approximate surface area is 133 Å². The van der Waals surface area contributed by atoms with Gasteiger partial charge in [0.05, 0.1) is 12.6 Å². The molecule has 1 aromatic carbocycles. The van der Waals surface area contributed by atoms with Crippen molar-refractivity contribution in [2.75, 3.05) is 6.54 Å². The fourth-order valence-corrected chi connectivity index (χ4v) is 1.71. The number of halogens is 1. The van der Waals surface area contributed by atoms with Crippen LogP contribution in [0.3, 0.4) is 0 Å². The molecule has 0 aromatic heterocycles. The topological polar surface area (TPSA) is 64.3 Å². The molecule has 0 aliphatic rings. The van der Waals surface area contributed by atoms with E-state index in [0.29, 0.717) is 6.54 Å². The van der Waals surface area contributed by atoms with E-state index in [1.54, 1.807) is 0 Å². The molecule has 0 saturated heterocycles. The summed E-state index contributed by atoms with van der Waals surface area (Å²) in [5.41, 5.74) is 6.80. The third kappa shape index (κ3) is 6.82. The molecule has 120 valence electrons. The maximum absolute atomic E-state index is 11.9. The average Bonchev–Trinajstić information content (AvgIpc) is 2.34. The van der Waals surface area contributed by atoms with Crippen LogP contribution in [0.4, 0.5) is 0 Å². The first-order valence-electron chi connectivity index (χ1n) is 6.97. The molecule has 0 aliphatic heterocycles. The molecule has 0 fully saturated rings. The molecule has 1 unspecified atom stereocenters. The Morgan fingerprint density at radius 3 is 2.52 bits per heavy atom. The summed E-state index contributed by atoms with van der Waals surface area (Å²) in [7, 11) is 0. The van der Waals surface area contributed by atoms with Crippen LogP contribution in [-0.2, 0) is 4.79 Å². The van der Waals surface area contributed by atoms with Gasteiger partial charge in [-0.2, -0.15) is 0 Å². The number of hydrogen-bond donors (Lipinski definition) is 2. The van der Waals surface area contributed by atoms with Crippen molar-refractivity contribution in [2.45, 2.75) is 46.8 Å². The van der Waals surface area contributed by atoms with Crippen LogP contribution in [0.25, 0.3) is 0 Å². The molecule has 5 heteroatoms. The van der Waals surface area contributed by atoms with E-state index in [0.717, 1.165) is 11.3 Å². The molecular weight excluding hydrogens is 288 g/mol. The van der Waals surface area contributed by atoms with Crippen molar-refractivity contribution >= 4 is 18.3 Å². The monoisotopic (exact) mass is 314 g/mol. The SMILES string of the molecule is Cc1cccc(OC(C)CNC(=O)[C@@H](N)C(C)(C)C)c1.Cl. The highest BCUT2D eigenvalue weighted by Gasteiger charge is 2.27. The fourth-order valence-electron chi connectivity index (χ4n) is 1.71. The zero-order chi connectivity index (χ0) is 15.3. The zero-order valence-electron chi connectivity index (χ0n) is 13.5. The Morgan fingerprint density at radius 1 is 1.38 bits per heavy atom. The number of aryl methyl sites for hydroxylation is 1. The molecule has 0 saturated carbocycles. The number of amides is 1. The second kappa shape index (κ2) is 8.25. The number of nitrogens with two attached hydrogens (primary N) is 1. The molecule has 1 rings (SSSR count). The first kappa shape index (κ1) is 19.7. The quantitative estimate of drug-likeness (QED) is 0.878. The lowest BCUT2D eigenvalue weighted by Gasteiger charge is -2.26. The minimum Gasteiger partial charge on any atom is -0.489 e. The van der Waals surface area contributed by atoms with Crippen molar-refractivity contribution in [1.29, 1.82) is 0 Å². The van der Waals surface area contributed by atoms with Gasteiger partial charge in [-0.15, -0.1) is 12.4 Å². The summed E-state index contributed by atoms with van der Waals surface area (Å²) in [6, 6.07) is 7.33. The van der Waals surface area contributed by atoms with Crippen LogP contribution in [0.15, 0.2) is 24.3 Å². The summed E-state index contributed by atoms with van der Waals surface area (Å²) in [5.74, 6) is 0.670. The van der Waals surface area contributed by atoms with Crippen molar-refractivity contribution in [2.24, 2.45) is 11.1 Å². The number of carbonyl (C=O) groups excluding carboxylic acids is 1. The van der Waals surface area contributed by atoms with Gasteiger partial charge in [-0.25, -0.2) is 0 Å². The van der Waals surface area contributed by atoms with E-state index < -0.39 is 6.04 Å². The largest absolute Gasteiger partial charge is 0.489 e. The molecule has 0 aliphatic carbocycles. The van der Waals surface area contributed by atoms with E-state index in [-0.39, 0.29) is 29.8 Å². The van der Waals surface area contributed by atoms with E-state index in [4.69, 9.17) is 10.5 Å². The number of rotatable bonds is 5. The molecule has 1 aromatic rings. The highest BCUT2D eigenvalue weighted by atomic mass is 35.5. The van der Waals surface area contributed by atoms with Crippen LogP contribution >= 0.6 is 12.4 Å². The molecule has 0 radical (unpaired) electrons. The number of benzene rings is 1. The predicted octanol–water partition coefficient (Wildman–Crippen LogP) is 2.67. The standard InChI is InChI=1S/C16H26N2O2.ClH/c1-11-7-6-8-13(9-11)20-12(2)10-18-15(19)14(17)16(3,4)5;/h6-9,12,14H,10,17H2,1-5H3,(H,18,19);1H/t12?,14-;/m1./s1. The molecule has 1 amide bonds. The van der Waals surface area contributed by atoms with Crippen molar-refractivity contribution in [3.05, 3.63) is 29.8 Å². The van der Waals surface area contributed by atoms with E-state index in [9.17, 15) is 4.79 Å². The van der Waals surface area contributed by atoms with E-state index in [2.05, 4.69) is 5.32 Å². The summed E-state index contributed by atoms with van der Waals surface area (Å²) >= 11 is 0. The van der Waals surface area contributed by atoms with E-state index >= 15 is 0 Å². The van der Waals surface area contributed by atoms with Gasteiger partial charge < -0.3 is 15.8 Å². The van der Waals surface area contributed by atoms with Gasteiger partial charge >= 0.3 is 0 Å². The normalized spacial score (nSPS) is 13.8. The van der Waals surface area contributed by atoms with Gasteiger partial charge in [-0.3, -0.25) is 4.79 Å². The van der Waals surface area contributed by atoms with Crippen molar-refractivity contribution < 1.29 is 9.53 Å². The van der Waals surface area contributed by atoms with Gasteiger partial charge in [0.25, 0.3) is 0 Å². The maximum atomic E-state index is 11.9. The van der Waals surface area contributed by atoms with Gasteiger partial charge in [0, 0.05) is 0 Å². The fraction of sp³-hybridized carbons (Fsp3) is 0.562. The lowest BCUT2D eigenvalue weighted by Crippen LogP contribution is -2.50. The van der Waals surface area contributed by atoms with Gasteiger partial charge in [0.2, 0.25) is 5.91 Å². The van der Waals surface area contributed by atoms with E-state index in [1.165, 1.54) is 0 Å². The van der Waals surface area contributed by atoms with Crippen LogP contribution in [-0.4, -0.2) is 24.6 Å². The number of carbonyl (C=O) groups is 1. The maximum Gasteiger partial charge on any atom is 0.237 e. The van der Waals surface area contributed by atoms with Crippen molar-refractivity contribution in [1.82, 2.24) is 5.32 Å². The molecule has 4 nitrogen and oxygen atoms in total. The average molecular weight is 315 g/mol. The molecule has 0 heterocycles. The van der Waals surface area contributed by atoms with Crippen molar-refractivity contribution in [3.8, 4) is 5.75 Å². The summed E-state index contributed by atoms with van der Waals surface area (Å²) in [5, 5.41) is 2.83. The Kier molecular flexibility index (Phi) is 7.75. The van der Waals surface area contributed by atoms with Crippen LogP contribution in [0.1, 0.15) is 33.3 Å². The molecule has 0 bridgehead atoms. The molecule has 3 N–H and O–H groups in total. The molecular formula is C16H27ClN2O2. The van der Waals surface area contributed by atoms with Crippen LogP contribution < -0.4 is 15.8 Å². The van der Waals surface area contributed by atoms with Crippen LogP contribution in [0.5, 0.6) is 5.75 Å². The first-order valence-corrected chi connectivity index (χ1v) is 6.97. The minimum absolute atomic E-state index is 0. The second-order valence-corrected chi connectivity index (χ2v) is 6.33. The Morgan fingerprint density at radius 2 is 2.00 bits per heavy atom. The van der Waals surface area contributed by atoms with Gasteiger partial charge in [0.1, 0.15) is 11.9 Å². The zero-order valence-corrected chi connectivity index (χ0v) is 14.3. The summed E-state index contributed by atoms with van der Waals surface area (Å²) in [4.78, 5) is 11.9. The molecule has 0 spiro atoms. The highest BCUT2D eigenvalue weighted by molar-refractivity contribution is 5.85. The first-order chi connectivity index (χ1) is 9.20. The molecule has 21 heavy (non-hydrogen) atoms. The lowest BCUT2D eigenvalue weighted by atomic mass is 9.87. The third-order valence-corrected chi connectivity index (χ3v) is 3.11. The minimum atomic E-state index is -0.520. The molecule has 2 atom stereocenters. The number of hydrogen-bond acceptors (Lipinski definition) is 3.